The molecule has 1 atom stereocenters. The van der Waals surface area contributed by atoms with Crippen LogP contribution in [0.1, 0.15) is 26.2 Å². The summed E-state index contributed by atoms with van der Waals surface area (Å²) in [5.74, 6) is 1.09. The maximum absolute atomic E-state index is 12.0. The van der Waals surface area contributed by atoms with Crippen LogP contribution in [0, 0.1) is 5.92 Å². The van der Waals surface area contributed by atoms with Gasteiger partial charge in [-0.1, -0.05) is 12.8 Å². The minimum Gasteiger partial charge on any atom is -0.357 e. The third-order valence-corrected chi connectivity index (χ3v) is 4.45. The molecule has 0 saturated heterocycles. The fourth-order valence-corrected chi connectivity index (χ4v) is 2.96. The maximum Gasteiger partial charge on any atom is 0.243 e. The Morgan fingerprint density at radius 2 is 2.00 bits per heavy atom. The monoisotopic (exact) mass is 270 g/mol. The first-order chi connectivity index (χ1) is 8.51. The Hall–Kier alpha value is -1.21. The molecule has 1 aromatic heterocycles. The molecule has 0 aliphatic heterocycles. The van der Waals surface area contributed by atoms with Gasteiger partial charge in [0.2, 0.25) is 16.0 Å². The quantitative estimate of drug-likeness (QED) is 0.805. The van der Waals surface area contributed by atoms with E-state index in [-0.39, 0.29) is 10.9 Å². The van der Waals surface area contributed by atoms with Crippen molar-refractivity contribution in [2.24, 2.45) is 5.92 Å². The van der Waals surface area contributed by atoms with Crippen LogP contribution in [0.2, 0.25) is 0 Å². The van der Waals surface area contributed by atoms with Crippen molar-refractivity contribution in [3.63, 3.8) is 0 Å². The number of nitrogens with zero attached hydrogens (tertiary/aromatic N) is 2. The van der Waals surface area contributed by atoms with Crippen LogP contribution in [0.3, 0.4) is 0 Å². The van der Waals surface area contributed by atoms with Crippen molar-refractivity contribution < 1.29 is 8.42 Å². The minimum atomic E-state index is -3.51. The molecule has 1 heterocycles. The van der Waals surface area contributed by atoms with Gasteiger partial charge in [-0.2, -0.15) is 0 Å². The van der Waals surface area contributed by atoms with Crippen LogP contribution in [0.25, 0.3) is 0 Å². The second kappa shape index (κ2) is 5.19. The van der Waals surface area contributed by atoms with E-state index in [1.165, 1.54) is 25.2 Å². The van der Waals surface area contributed by atoms with Crippen molar-refractivity contribution >= 4 is 16.0 Å². The van der Waals surface area contributed by atoms with E-state index in [1.807, 2.05) is 6.92 Å². The fraction of sp³-hybridized carbons (Fsp3) is 0.636. The highest BCUT2D eigenvalue weighted by Crippen LogP contribution is 2.33. The zero-order chi connectivity index (χ0) is 13.2. The summed E-state index contributed by atoms with van der Waals surface area (Å²) in [4.78, 5) is 7.91. The van der Waals surface area contributed by atoms with E-state index in [0.29, 0.717) is 11.9 Å². The summed E-state index contributed by atoms with van der Waals surface area (Å²) >= 11 is 0. The van der Waals surface area contributed by atoms with E-state index in [2.05, 4.69) is 20.0 Å². The van der Waals surface area contributed by atoms with Crippen LogP contribution >= 0.6 is 0 Å². The number of hydrogen-bond acceptors (Lipinski definition) is 5. The Morgan fingerprint density at radius 3 is 2.50 bits per heavy atom. The molecule has 1 unspecified atom stereocenters. The van der Waals surface area contributed by atoms with Gasteiger partial charge in [-0.05, 0) is 19.3 Å². The number of nitrogens with one attached hydrogen (secondary N) is 2. The Bertz CT molecular complexity index is 496. The molecule has 1 aromatic rings. The van der Waals surface area contributed by atoms with E-state index in [1.54, 1.807) is 7.05 Å². The van der Waals surface area contributed by atoms with Crippen molar-refractivity contribution in [2.45, 2.75) is 37.1 Å². The molecule has 0 amide bonds. The summed E-state index contributed by atoms with van der Waals surface area (Å²) in [5.41, 5.74) is 0. The van der Waals surface area contributed by atoms with E-state index in [0.717, 1.165) is 6.42 Å². The Kier molecular flexibility index (Phi) is 3.82. The maximum atomic E-state index is 12.0. The molecule has 0 radical (unpaired) electrons. The minimum absolute atomic E-state index is 0.0496. The van der Waals surface area contributed by atoms with Crippen LogP contribution < -0.4 is 10.0 Å². The second-order valence-electron chi connectivity index (χ2n) is 4.69. The van der Waals surface area contributed by atoms with E-state index in [4.69, 9.17) is 0 Å². The van der Waals surface area contributed by atoms with Gasteiger partial charge in [0.1, 0.15) is 4.90 Å². The molecule has 2 N–H and O–H groups in total. The highest BCUT2D eigenvalue weighted by molar-refractivity contribution is 7.89. The molecule has 1 aliphatic carbocycles. The Labute approximate surface area is 107 Å². The molecule has 100 valence electrons. The fourth-order valence-electron chi connectivity index (χ4n) is 1.82. The molecule has 1 saturated carbocycles. The van der Waals surface area contributed by atoms with Gasteiger partial charge in [0.15, 0.2) is 0 Å². The Balaban J connectivity index is 2.03. The first-order valence-electron chi connectivity index (χ1n) is 6.03. The number of anilines is 1. The second-order valence-corrected chi connectivity index (χ2v) is 6.41. The van der Waals surface area contributed by atoms with Crippen molar-refractivity contribution in [3.05, 3.63) is 12.4 Å². The third kappa shape index (κ3) is 3.39. The predicted octanol–water partition coefficient (Wildman–Crippen LogP) is 0.985. The van der Waals surface area contributed by atoms with Gasteiger partial charge in [-0.25, -0.2) is 23.1 Å². The van der Waals surface area contributed by atoms with Crippen LogP contribution in [-0.4, -0.2) is 31.5 Å². The number of hydrogen-bond donors (Lipinski definition) is 2. The molecule has 1 aliphatic rings. The lowest BCUT2D eigenvalue weighted by atomic mass is 10.2. The van der Waals surface area contributed by atoms with Gasteiger partial charge < -0.3 is 5.32 Å². The standard InChI is InChI=1S/C11H18N4O2S/c1-8(5-9-3-4-9)15-18(16,17)10-6-13-11(12-2)14-7-10/h6-9,15H,3-5H2,1-2H3,(H,12,13,14). The molecular weight excluding hydrogens is 252 g/mol. The summed E-state index contributed by atoms with van der Waals surface area (Å²) in [6.07, 6.45) is 5.95. The zero-order valence-electron chi connectivity index (χ0n) is 10.5. The predicted molar refractivity (Wildman–Crippen MR) is 68.7 cm³/mol. The normalized spacial score (nSPS) is 17.4. The summed E-state index contributed by atoms with van der Waals surface area (Å²) in [5, 5.41) is 2.74. The molecule has 1 fully saturated rings. The lowest BCUT2D eigenvalue weighted by Gasteiger charge is -2.13. The lowest BCUT2D eigenvalue weighted by Crippen LogP contribution is -2.33. The van der Waals surface area contributed by atoms with Crippen molar-refractivity contribution in [3.8, 4) is 0 Å². The number of aromatic nitrogens is 2. The summed E-state index contributed by atoms with van der Waals surface area (Å²) in [6.45, 7) is 1.89. The van der Waals surface area contributed by atoms with E-state index in [9.17, 15) is 8.42 Å². The van der Waals surface area contributed by atoms with Gasteiger partial charge in [-0.3, -0.25) is 0 Å². The van der Waals surface area contributed by atoms with Gasteiger partial charge in [0, 0.05) is 13.1 Å². The van der Waals surface area contributed by atoms with Crippen LogP contribution in [0.15, 0.2) is 17.3 Å². The summed E-state index contributed by atoms with van der Waals surface area (Å²) in [6, 6.07) is -0.0496. The van der Waals surface area contributed by atoms with Gasteiger partial charge in [0.05, 0.1) is 12.4 Å². The number of sulfonamides is 1. The van der Waals surface area contributed by atoms with Crippen LogP contribution in [0.5, 0.6) is 0 Å². The Morgan fingerprint density at radius 1 is 1.39 bits per heavy atom. The van der Waals surface area contributed by atoms with E-state index < -0.39 is 10.0 Å². The van der Waals surface area contributed by atoms with Crippen LogP contribution in [0.4, 0.5) is 5.95 Å². The third-order valence-electron chi connectivity index (χ3n) is 2.90. The largest absolute Gasteiger partial charge is 0.357 e. The zero-order valence-corrected chi connectivity index (χ0v) is 11.4. The molecule has 0 spiro atoms. The van der Waals surface area contributed by atoms with Crippen LogP contribution in [-0.2, 0) is 10.0 Å². The molecular formula is C11H18N4O2S. The average Bonchev–Trinajstić information content (AvgIpc) is 3.12. The topological polar surface area (TPSA) is 84.0 Å². The smallest absolute Gasteiger partial charge is 0.243 e. The average molecular weight is 270 g/mol. The summed E-state index contributed by atoms with van der Waals surface area (Å²) < 4.78 is 26.7. The molecule has 0 bridgehead atoms. The highest BCUT2D eigenvalue weighted by Gasteiger charge is 2.26. The van der Waals surface area contributed by atoms with Crippen molar-refractivity contribution in [1.82, 2.24) is 14.7 Å². The van der Waals surface area contributed by atoms with Crippen molar-refractivity contribution in [2.75, 3.05) is 12.4 Å². The first-order valence-corrected chi connectivity index (χ1v) is 7.51. The molecule has 0 aromatic carbocycles. The van der Waals surface area contributed by atoms with Gasteiger partial charge in [-0.15, -0.1) is 0 Å². The summed E-state index contributed by atoms with van der Waals surface area (Å²) in [7, 11) is -1.83. The number of rotatable bonds is 6. The molecule has 2 rings (SSSR count). The SMILES string of the molecule is CNc1ncc(S(=O)(=O)NC(C)CC2CC2)cn1. The van der Waals surface area contributed by atoms with Gasteiger partial charge >= 0.3 is 0 Å². The van der Waals surface area contributed by atoms with Crippen molar-refractivity contribution in [1.29, 1.82) is 0 Å². The lowest BCUT2D eigenvalue weighted by molar-refractivity contribution is 0.529. The molecule has 18 heavy (non-hydrogen) atoms. The first kappa shape index (κ1) is 13.2. The van der Waals surface area contributed by atoms with E-state index >= 15 is 0 Å². The van der Waals surface area contributed by atoms with Gasteiger partial charge in [0.25, 0.3) is 0 Å². The molecule has 7 heteroatoms. The molecule has 6 nitrogen and oxygen atoms in total. The highest BCUT2D eigenvalue weighted by atomic mass is 32.2.